The standard InChI is InChI=1S/C13H17F2N3O2/c14-10-5-7(6-11(15)12(10)18-16)13(20)17-8-1-3-9(19)4-2-8/h5-6,8-9,18-19H,1-4,16H2,(H,17,20). The Balaban J connectivity index is 2.06. The summed E-state index contributed by atoms with van der Waals surface area (Å²) in [7, 11) is 0. The van der Waals surface area contributed by atoms with E-state index in [4.69, 9.17) is 5.84 Å². The van der Waals surface area contributed by atoms with Crippen molar-refractivity contribution in [2.75, 3.05) is 5.43 Å². The molecule has 1 fully saturated rings. The number of amides is 1. The fraction of sp³-hybridized carbons (Fsp3) is 0.462. The van der Waals surface area contributed by atoms with Gasteiger partial charge in [0.1, 0.15) is 5.69 Å². The van der Waals surface area contributed by atoms with Crippen molar-refractivity contribution in [2.45, 2.75) is 37.8 Å². The van der Waals surface area contributed by atoms with Crippen molar-refractivity contribution in [3.63, 3.8) is 0 Å². The largest absolute Gasteiger partial charge is 0.393 e. The van der Waals surface area contributed by atoms with Crippen molar-refractivity contribution in [3.05, 3.63) is 29.3 Å². The molecule has 0 atom stereocenters. The highest BCUT2D eigenvalue weighted by Crippen LogP contribution is 2.21. The van der Waals surface area contributed by atoms with Crippen molar-refractivity contribution in [2.24, 2.45) is 5.84 Å². The lowest BCUT2D eigenvalue weighted by atomic mass is 9.93. The van der Waals surface area contributed by atoms with E-state index >= 15 is 0 Å². The Kier molecular flexibility index (Phi) is 4.51. The number of hydrogen-bond acceptors (Lipinski definition) is 4. The van der Waals surface area contributed by atoms with E-state index in [0.29, 0.717) is 25.7 Å². The number of benzene rings is 1. The van der Waals surface area contributed by atoms with Gasteiger partial charge in [0, 0.05) is 11.6 Å². The molecule has 0 aromatic heterocycles. The SMILES string of the molecule is NNc1c(F)cc(C(=O)NC2CCC(O)CC2)cc1F. The molecule has 0 aliphatic heterocycles. The van der Waals surface area contributed by atoms with Crippen LogP contribution in [0.2, 0.25) is 0 Å². The first kappa shape index (κ1) is 14.7. The Morgan fingerprint density at radius 3 is 2.25 bits per heavy atom. The van der Waals surface area contributed by atoms with Gasteiger partial charge in [-0.3, -0.25) is 10.6 Å². The van der Waals surface area contributed by atoms with E-state index in [-0.39, 0.29) is 17.7 Å². The molecule has 1 aliphatic carbocycles. The summed E-state index contributed by atoms with van der Waals surface area (Å²) in [5, 5.41) is 12.1. The highest BCUT2D eigenvalue weighted by atomic mass is 19.1. The number of nitrogens with two attached hydrogens (primary N) is 1. The molecular weight excluding hydrogens is 268 g/mol. The number of hydrazine groups is 1. The number of nitrogen functional groups attached to an aromatic ring is 1. The molecule has 1 aromatic rings. The fourth-order valence-electron chi connectivity index (χ4n) is 2.33. The second-order valence-electron chi connectivity index (χ2n) is 4.94. The van der Waals surface area contributed by atoms with Crippen LogP contribution in [0.1, 0.15) is 36.0 Å². The fourth-order valence-corrected chi connectivity index (χ4v) is 2.33. The minimum atomic E-state index is -0.920. The molecule has 5 N–H and O–H groups in total. The summed E-state index contributed by atoms with van der Waals surface area (Å²) in [6.07, 6.45) is 2.21. The van der Waals surface area contributed by atoms with E-state index in [1.807, 2.05) is 5.43 Å². The second kappa shape index (κ2) is 6.15. The van der Waals surface area contributed by atoms with Gasteiger partial charge in [0.25, 0.3) is 5.91 Å². The zero-order valence-corrected chi connectivity index (χ0v) is 10.8. The highest BCUT2D eigenvalue weighted by molar-refractivity contribution is 5.94. The quantitative estimate of drug-likeness (QED) is 0.498. The van der Waals surface area contributed by atoms with Crippen LogP contribution in [-0.4, -0.2) is 23.2 Å². The third kappa shape index (κ3) is 3.23. The maximum atomic E-state index is 13.5. The van der Waals surface area contributed by atoms with Crippen LogP contribution >= 0.6 is 0 Å². The summed E-state index contributed by atoms with van der Waals surface area (Å²) >= 11 is 0. The van der Waals surface area contributed by atoms with Gasteiger partial charge in [0.05, 0.1) is 6.10 Å². The monoisotopic (exact) mass is 285 g/mol. The van der Waals surface area contributed by atoms with Crippen LogP contribution in [0.4, 0.5) is 14.5 Å². The second-order valence-corrected chi connectivity index (χ2v) is 4.94. The zero-order valence-electron chi connectivity index (χ0n) is 10.8. The predicted octanol–water partition coefficient (Wildman–Crippen LogP) is 1.28. The molecule has 0 spiro atoms. The lowest BCUT2D eigenvalue weighted by Crippen LogP contribution is -2.38. The van der Waals surface area contributed by atoms with Gasteiger partial charge in [0.15, 0.2) is 11.6 Å². The normalized spacial score (nSPS) is 22.4. The Hall–Kier alpha value is -1.73. The first-order chi connectivity index (χ1) is 9.51. The van der Waals surface area contributed by atoms with Gasteiger partial charge < -0.3 is 15.8 Å². The van der Waals surface area contributed by atoms with Crippen molar-refractivity contribution >= 4 is 11.6 Å². The van der Waals surface area contributed by atoms with Gasteiger partial charge in [-0.2, -0.15) is 0 Å². The molecule has 20 heavy (non-hydrogen) atoms. The number of rotatable bonds is 3. The van der Waals surface area contributed by atoms with Crippen molar-refractivity contribution < 1.29 is 18.7 Å². The third-order valence-corrected chi connectivity index (χ3v) is 3.48. The topological polar surface area (TPSA) is 87.4 Å². The van der Waals surface area contributed by atoms with Crippen LogP contribution in [0.15, 0.2) is 12.1 Å². The smallest absolute Gasteiger partial charge is 0.251 e. The van der Waals surface area contributed by atoms with Crippen LogP contribution in [-0.2, 0) is 0 Å². The molecule has 1 aromatic carbocycles. The van der Waals surface area contributed by atoms with Crippen LogP contribution in [0.3, 0.4) is 0 Å². The Morgan fingerprint density at radius 1 is 1.20 bits per heavy atom. The number of nitrogens with one attached hydrogen (secondary N) is 2. The van der Waals surface area contributed by atoms with Gasteiger partial charge in [-0.15, -0.1) is 0 Å². The lowest BCUT2D eigenvalue weighted by Gasteiger charge is -2.26. The number of aliphatic hydroxyl groups is 1. The van der Waals surface area contributed by atoms with Gasteiger partial charge in [-0.05, 0) is 37.8 Å². The van der Waals surface area contributed by atoms with Crippen LogP contribution < -0.4 is 16.6 Å². The molecule has 0 unspecified atom stereocenters. The Labute approximate surface area is 115 Å². The number of halogens is 2. The summed E-state index contributed by atoms with van der Waals surface area (Å²) in [5.41, 5.74) is 1.34. The van der Waals surface area contributed by atoms with E-state index in [2.05, 4.69) is 5.32 Å². The summed E-state index contributed by atoms with van der Waals surface area (Å²) in [4.78, 5) is 11.9. The molecule has 1 aliphatic rings. The molecule has 5 nitrogen and oxygen atoms in total. The molecule has 0 saturated heterocycles. The molecule has 0 radical (unpaired) electrons. The predicted molar refractivity (Wildman–Crippen MR) is 69.9 cm³/mol. The maximum Gasteiger partial charge on any atom is 0.251 e. The number of carbonyl (C=O) groups excluding carboxylic acids is 1. The Bertz CT molecular complexity index is 479. The highest BCUT2D eigenvalue weighted by Gasteiger charge is 2.22. The zero-order chi connectivity index (χ0) is 14.7. The third-order valence-electron chi connectivity index (χ3n) is 3.48. The molecule has 0 bridgehead atoms. The van der Waals surface area contributed by atoms with Crippen molar-refractivity contribution in [3.8, 4) is 0 Å². The van der Waals surface area contributed by atoms with E-state index in [0.717, 1.165) is 12.1 Å². The average Bonchev–Trinajstić information content (AvgIpc) is 2.41. The summed E-state index contributed by atoms with van der Waals surface area (Å²) in [5.74, 6) is 2.61. The van der Waals surface area contributed by atoms with Gasteiger partial charge in [0.2, 0.25) is 0 Å². The maximum absolute atomic E-state index is 13.5. The number of carbonyl (C=O) groups is 1. The van der Waals surface area contributed by atoms with Gasteiger partial charge >= 0.3 is 0 Å². The van der Waals surface area contributed by atoms with E-state index in [1.165, 1.54) is 0 Å². The number of hydrogen-bond donors (Lipinski definition) is 4. The molecule has 7 heteroatoms. The average molecular weight is 285 g/mol. The summed E-state index contributed by atoms with van der Waals surface area (Å²) in [6.45, 7) is 0. The first-order valence-electron chi connectivity index (χ1n) is 6.46. The van der Waals surface area contributed by atoms with Gasteiger partial charge in [-0.25, -0.2) is 8.78 Å². The minimum Gasteiger partial charge on any atom is -0.393 e. The summed E-state index contributed by atoms with van der Waals surface area (Å²) < 4.78 is 27.0. The molecule has 0 heterocycles. The van der Waals surface area contributed by atoms with Crippen molar-refractivity contribution in [1.82, 2.24) is 5.32 Å². The van der Waals surface area contributed by atoms with Crippen LogP contribution in [0.25, 0.3) is 0 Å². The van der Waals surface area contributed by atoms with Gasteiger partial charge in [-0.1, -0.05) is 0 Å². The summed E-state index contributed by atoms with van der Waals surface area (Å²) in [6, 6.07) is 1.79. The number of aliphatic hydroxyl groups excluding tert-OH is 1. The number of anilines is 1. The molecule has 1 amide bonds. The van der Waals surface area contributed by atoms with E-state index < -0.39 is 23.2 Å². The molecule has 110 valence electrons. The first-order valence-corrected chi connectivity index (χ1v) is 6.46. The molecular formula is C13H17F2N3O2. The molecule has 2 rings (SSSR count). The van der Waals surface area contributed by atoms with E-state index in [1.54, 1.807) is 0 Å². The lowest BCUT2D eigenvalue weighted by molar-refractivity contribution is 0.0867. The van der Waals surface area contributed by atoms with Crippen LogP contribution in [0, 0.1) is 11.6 Å². The molecule has 1 saturated carbocycles. The van der Waals surface area contributed by atoms with E-state index in [9.17, 15) is 18.7 Å². The van der Waals surface area contributed by atoms with Crippen molar-refractivity contribution in [1.29, 1.82) is 0 Å². The van der Waals surface area contributed by atoms with Crippen LogP contribution in [0.5, 0.6) is 0 Å². The minimum absolute atomic E-state index is 0.0793. The Morgan fingerprint density at radius 2 is 1.75 bits per heavy atom.